The van der Waals surface area contributed by atoms with E-state index in [1.165, 1.54) is 0 Å². The first-order valence-corrected chi connectivity index (χ1v) is 6.34. The zero-order chi connectivity index (χ0) is 13.9. The number of nitrogen functional groups attached to an aromatic ring is 1. The first-order valence-electron chi connectivity index (χ1n) is 6.34. The monoisotopic (exact) mass is 276 g/mol. The van der Waals surface area contributed by atoms with Crippen molar-refractivity contribution in [1.82, 2.24) is 20.6 Å². The fourth-order valence-corrected chi connectivity index (χ4v) is 2.02. The number of aromatic nitrogens is 4. The van der Waals surface area contributed by atoms with Gasteiger partial charge in [0.2, 0.25) is 5.82 Å². The molecule has 1 unspecified atom stereocenters. The number of aromatic amines is 1. The van der Waals surface area contributed by atoms with E-state index in [4.69, 9.17) is 15.2 Å². The highest BCUT2D eigenvalue weighted by Crippen LogP contribution is 2.34. The van der Waals surface area contributed by atoms with Crippen molar-refractivity contribution in [2.75, 3.05) is 31.3 Å². The van der Waals surface area contributed by atoms with E-state index in [0.717, 1.165) is 24.3 Å². The molecule has 1 aliphatic heterocycles. The van der Waals surface area contributed by atoms with E-state index in [2.05, 4.69) is 25.9 Å². The van der Waals surface area contributed by atoms with Gasteiger partial charge in [-0.15, -0.1) is 10.2 Å². The van der Waals surface area contributed by atoms with Gasteiger partial charge in [-0.25, -0.2) is 0 Å². The average Bonchev–Trinajstić information content (AvgIpc) is 2.92. The average molecular weight is 276 g/mol. The van der Waals surface area contributed by atoms with Crippen LogP contribution in [0.15, 0.2) is 12.1 Å². The van der Waals surface area contributed by atoms with Gasteiger partial charge in [0, 0.05) is 18.7 Å². The van der Waals surface area contributed by atoms with E-state index >= 15 is 0 Å². The summed E-state index contributed by atoms with van der Waals surface area (Å²) >= 11 is 0. The largest absolute Gasteiger partial charge is 0.494 e. The Morgan fingerprint density at radius 2 is 2.40 bits per heavy atom. The molecule has 8 nitrogen and oxygen atoms in total. The topological polar surface area (TPSA) is 111 Å². The molecule has 0 saturated carbocycles. The van der Waals surface area contributed by atoms with Crippen molar-refractivity contribution < 1.29 is 9.47 Å². The van der Waals surface area contributed by atoms with Crippen LogP contribution in [0, 0.1) is 0 Å². The normalized spacial score (nSPS) is 17.6. The third-order valence-corrected chi connectivity index (χ3v) is 3.28. The van der Waals surface area contributed by atoms with Gasteiger partial charge in [-0.1, -0.05) is 0 Å². The summed E-state index contributed by atoms with van der Waals surface area (Å²) < 4.78 is 10.7. The first kappa shape index (κ1) is 12.7. The third kappa shape index (κ3) is 2.37. The predicted molar refractivity (Wildman–Crippen MR) is 73.4 cm³/mol. The molecule has 106 valence electrons. The van der Waals surface area contributed by atoms with Crippen LogP contribution in [-0.4, -0.2) is 47.0 Å². The molecule has 0 spiro atoms. The maximum absolute atomic E-state index is 6.07. The summed E-state index contributed by atoms with van der Waals surface area (Å²) in [5, 5.41) is 17.2. The first-order chi connectivity index (χ1) is 9.78. The van der Waals surface area contributed by atoms with Gasteiger partial charge in [0.05, 0.1) is 24.6 Å². The lowest BCUT2D eigenvalue weighted by Crippen LogP contribution is -2.33. The number of nitrogens with zero attached hydrogens (tertiary/aromatic N) is 3. The molecule has 0 amide bonds. The van der Waals surface area contributed by atoms with Gasteiger partial charge in [0.1, 0.15) is 5.75 Å². The molecule has 1 aliphatic rings. The van der Waals surface area contributed by atoms with Crippen molar-refractivity contribution in [3.05, 3.63) is 12.1 Å². The van der Waals surface area contributed by atoms with Gasteiger partial charge >= 0.3 is 0 Å². The summed E-state index contributed by atoms with van der Waals surface area (Å²) in [4.78, 5) is 0. The molecule has 2 heterocycles. The molecular weight excluding hydrogens is 260 g/mol. The summed E-state index contributed by atoms with van der Waals surface area (Å²) in [7, 11) is 1.57. The van der Waals surface area contributed by atoms with Crippen molar-refractivity contribution in [1.29, 1.82) is 0 Å². The lowest BCUT2D eigenvalue weighted by atomic mass is 10.1. The molecule has 1 atom stereocenters. The smallest absolute Gasteiger partial charge is 0.204 e. The molecule has 0 aliphatic carbocycles. The number of hydrogen-bond donors (Lipinski definition) is 3. The van der Waals surface area contributed by atoms with Gasteiger partial charge in [-0.3, -0.25) is 0 Å². The number of nitrogens with one attached hydrogen (secondary N) is 2. The molecule has 1 fully saturated rings. The lowest BCUT2D eigenvalue weighted by Gasteiger charge is -2.27. The second kappa shape index (κ2) is 5.33. The standard InChI is InChI=1S/C12H16N6O2/c1-19-10-5-7(12-15-17-18-16-12)4-9(11(10)13)14-6-8-2-3-20-8/h4-5,8,14H,2-3,6,13H2,1H3,(H,15,16,17,18). The van der Waals surface area contributed by atoms with Gasteiger partial charge in [0.15, 0.2) is 0 Å². The van der Waals surface area contributed by atoms with Crippen LogP contribution in [0.5, 0.6) is 5.75 Å². The third-order valence-electron chi connectivity index (χ3n) is 3.28. The number of rotatable bonds is 5. The zero-order valence-electron chi connectivity index (χ0n) is 11.1. The fraction of sp³-hybridized carbons (Fsp3) is 0.417. The zero-order valence-corrected chi connectivity index (χ0v) is 11.1. The molecule has 20 heavy (non-hydrogen) atoms. The number of nitrogens with two attached hydrogens (primary N) is 1. The van der Waals surface area contributed by atoms with E-state index in [-0.39, 0.29) is 6.10 Å². The highest BCUT2D eigenvalue weighted by atomic mass is 16.5. The second-order valence-electron chi connectivity index (χ2n) is 4.54. The molecule has 8 heteroatoms. The summed E-state index contributed by atoms with van der Waals surface area (Å²) in [6, 6.07) is 3.66. The molecule has 2 aromatic rings. The molecule has 1 saturated heterocycles. The molecule has 1 aromatic heterocycles. The molecule has 4 N–H and O–H groups in total. The molecule has 0 bridgehead atoms. The number of tetrazole rings is 1. The molecular formula is C12H16N6O2. The number of ether oxygens (including phenoxy) is 2. The second-order valence-corrected chi connectivity index (χ2v) is 4.54. The van der Waals surface area contributed by atoms with Crippen LogP contribution in [0.1, 0.15) is 6.42 Å². The maximum atomic E-state index is 6.07. The Hall–Kier alpha value is -2.35. The van der Waals surface area contributed by atoms with E-state index < -0.39 is 0 Å². The molecule has 3 rings (SSSR count). The number of hydrogen-bond acceptors (Lipinski definition) is 7. The van der Waals surface area contributed by atoms with Crippen LogP contribution in [0.4, 0.5) is 11.4 Å². The van der Waals surface area contributed by atoms with Crippen molar-refractivity contribution >= 4 is 11.4 Å². The van der Waals surface area contributed by atoms with Gasteiger partial charge in [-0.05, 0) is 23.8 Å². The van der Waals surface area contributed by atoms with Crippen molar-refractivity contribution in [3.8, 4) is 17.1 Å². The summed E-state index contributed by atoms with van der Waals surface area (Å²) in [5.41, 5.74) is 8.18. The quantitative estimate of drug-likeness (QED) is 0.688. The molecule has 1 aromatic carbocycles. The summed E-state index contributed by atoms with van der Waals surface area (Å²) in [6.07, 6.45) is 1.31. The van der Waals surface area contributed by atoms with Gasteiger partial charge < -0.3 is 20.5 Å². The van der Waals surface area contributed by atoms with E-state index in [0.29, 0.717) is 23.8 Å². The number of H-pyrrole nitrogens is 1. The number of benzene rings is 1. The number of anilines is 2. The van der Waals surface area contributed by atoms with E-state index in [1.54, 1.807) is 13.2 Å². The number of methoxy groups -OCH3 is 1. The van der Waals surface area contributed by atoms with E-state index in [1.807, 2.05) is 6.07 Å². The highest BCUT2D eigenvalue weighted by molar-refractivity contribution is 5.79. The Balaban J connectivity index is 1.88. The Morgan fingerprint density at radius 1 is 1.55 bits per heavy atom. The summed E-state index contributed by atoms with van der Waals surface area (Å²) in [6.45, 7) is 1.54. The van der Waals surface area contributed by atoms with Gasteiger partial charge in [-0.2, -0.15) is 5.21 Å². The van der Waals surface area contributed by atoms with Crippen LogP contribution in [-0.2, 0) is 4.74 Å². The maximum Gasteiger partial charge on any atom is 0.204 e. The Morgan fingerprint density at radius 3 is 3.00 bits per heavy atom. The molecule has 0 radical (unpaired) electrons. The Kier molecular flexibility index (Phi) is 3.38. The minimum absolute atomic E-state index is 0.245. The van der Waals surface area contributed by atoms with Crippen LogP contribution in [0.2, 0.25) is 0 Å². The van der Waals surface area contributed by atoms with Crippen molar-refractivity contribution in [2.45, 2.75) is 12.5 Å². The van der Waals surface area contributed by atoms with Crippen LogP contribution >= 0.6 is 0 Å². The Labute approximate surface area is 115 Å². The highest BCUT2D eigenvalue weighted by Gasteiger charge is 2.19. The minimum Gasteiger partial charge on any atom is -0.494 e. The predicted octanol–water partition coefficient (Wildman–Crippen LogP) is 0.658. The lowest BCUT2D eigenvalue weighted by molar-refractivity contribution is -0.0410. The Bertz CT molecular complexity index is 582. The van der Waals surface area contributed by atoms with Gasteiger partial charge in [0.25, 0.3) is 0 Å². The van der Waals surface area contributed by atoms with Crippen molar-refractivity contribution in [2.24, 2.45) is 0 Å². The van der Waals surface area contributed by atoms with Crippen LogP contribution in [0.25, 0.3) is 11.4 Å². The SMILES string of the molecule is COc1cc(-c2nn[nH]n2)cc(NCC2CCO2)c1N. The van der Waals surface area contributed by atoms with Crippen LogP contribution < -0.4 is 15.8 Å². The van der Waals surface area contributed by atoms with Crippen LogP contribution in [0.3, 0.4) is 0 Å². The minimum atomic E-state index is 0.245. The van der Waals surface area contributed by atoms with Crippen molar-refractivity contribution in [3.63, 3.8) is 0 Å². The van der Waals surface area contributed by atoms with E-state index in [9.17, 15) is 0 Å². The summed E-state index contributed by atoms with van der Waals surface area (Å²) in [5.74, 6) is 1.07. The fourth-order valence-electron chi connectivity index (χ4n) is 2.02.